The summed E-state index contributed by atoms with van der Waals surface area (Å²) in [5.41, 5.74) is 0. The van der Waals surface area contributed by atoms with Gasteiger partial charge in [-0.25, -0.2) is 0 Å². The molecule has 0 N–H and O–H groups in total. The third-order valence-electron chi connectivity index (χ3n) is 0.167. The molecule has 0 spiro atoms. The Labute approximate surface area is 74.4 Å². The Morgan fingerprint density at radius 1 is 0.900 bits per heavy atom. The van der Waals surface area contributed by atoms with E-state index in [4.69, 9.17) is 0 Å². The molecule has 0 aliphatic heterocycles. The summed E-state index contributed by atoms with van der Waals surface area (Å²) in [5.74, 6) is 0. The largest absolute Gasteiger partial charge is 2.00 e. The summed E-state index contributed by atoms with van der Waals surface area (Å²) in [6, 6.07) is 0. The molecule has 10 heavy (non-hydrogen) atoms. The average molecular weight is 411 g/mol. The van der Waals surface area contributed by atoms with Crippen molar-refractivity contribution in [2.75, 3.05) is 0 Å². The molecular weight excluding hydrogens is 411 g/mol. The molecule has 0 unspecified atom stereocenters. The van der Waals surface area contributed by atoms with Gasteiger partial charge in [-0.2, -0.15) is 0 Å². The van der Waals surface area contributed by atoms with Crippen molar-refractivity contribution in [1.82, 2.24) is 0 Å². The van der Waals surface area contributed by atoms with Crippen LogP contribution < -0.4 is 8.32 Å². The van der Waals surface area contributed by atoms with Gasteiger partial charge in [-0.15, -0.1) is 0 Å². The Hall–Kier alpha value is 0.833. The average Bonchev–Trinajstić information content (AvgIpc) is 1.14. The minimum absolute atomic E-state index is 0. The standard InChI is InChI=1S/2Cr.7O.Pt/q;;;;;;;2*-1;+2. The van der Waals surface area contributed by atoms with Crippen LogP contribution in [0.25, 0.3) is 0 Å². The van der Waals surface area contributed by atoms with Gasteiger partial charge < -0.3 is 0 Å². The van der Waals surface area contributed by atoms with Crippen molar-refractivity contribution in [3.8, 4) is 0 Å². The van der Waals surface area contributed by atoms with E-state index in [0.29, 0.717) is 0 Å². The molecule has 0 aromatic rings. The van der Waals surface area contributed by atoms with E-state index in [9.17, 15) is 23.5 Å². The summed E-state index contributed by atoms with van der Waals surface area (Å²) < 4.78 is 58.9. The zero-order chi connectivity index (χ0) is 7.71. The molecular formula is Cr2O7Pt. The van der Waals surface area contributed by atoms with Gasteiger partial charge in [0.2, 0.25) is 0 Å². The molecule has 0 saturated carbocycles. The van der Waals surface area contributed by atoms with E-state index in [1.54, 1.807) is 0 Å². The fourth-order valence-corrected chi connectivity index (χ4v) is 1.74. The van der Waals surface area contributed by atoms with Crippen molar-refractivity contribution < 1.29 is 74.7 Å². The Bertz CT molecular complexity index is 237. The van der Waals surface area contributed by atoms with E-state index in [1.807, 2.05) is 0 Å². The van der Waals surface area contributed by atoms with Gasteiger partial charge in [-0.3, -0.25) is 0 Å². The zero-order valence-electron chi connectivity index (χ0n) is 3.99. The maximum absolute atomic E-state index is 9.38. The molecule has 0 aromatic carbocycles. The summed E-state index contributed by atoms with van der Waals surface area (Å²) in [6.45, 7) is 0. The second-order valence-electron chi connectivity index (χ2n) is 0.885. The van der Waals surface area contributed by atoms with E-state index < -0.39 is 27.2 Å². The van der Waals surface area contributed by atoms with Crippen LogP contribution in [0, 0.1) is 0 Å². The van der Waals surface area contributed by atoms with Crippen LogP contribution in [-0.2, 0) is 66.3 Å². The predicted molar refractivity (Wildman–Crippen MR) is 3.83 cm³/mol. The summed E-state index contributed by atoms with van der Waals surface area (Å²) in [5, 5.41) is 0. The molecule has 64 valence electrons. The van der Waals surface area contributed by atoms with Crippen molar-refractivity contribution in [3.05, 3.63) is 0 Å². The molecule has 0 radical (unpaired) electrons. The number of rotatable bonds is 2. The monoisotopic (exact) mass is 411 g/mol. The van der Waals surface area contributed by atoms with Crippen LogP contribution in [0.5, 0.6) is 0 Å². The normalized spacial score (nSPS) is 12.2. The fraction of sp³-hybridized carbons (Fsp3) is 0. The van der Waals surface area contributed by atoms with Gasteiger partial charge in [0.1, 0.15) is 0 Å². The van der Waals surface area contributed by atoms with Crippen LogP contribution in [-0.4, -0.2) is 0 Å². The third-order valence-corrected chi connectivity index (χ3v) is 2.83. The smallest absolute Gasteiger partial charge is 2.00 e. The van der Waals surface area contributed by atoms with Crippen LogP contribution >= 0.6 is 0 Å². The minimum atomic E-state index is -6.07. The van der Waals surface area contributed by atoms with Crippen LogP contribution in [0.4, 0.5) is 0 Å². The van der Waals surface area contributed by atoms with Crippen molar-refractivity contribution in [1.29, 1.82) is 0 Å². The Morgan fingerprint density at radius 2 is 1.10 bits per heavy atom. The maximum atomic E-state index is 9.38. The van der Waals surface area contributed by atoms with Crippen molar-refractivity contribution in [2.24, 2.45) is 0 Å². The summed E-state index contributed by atoms with van der Waals surface area (Å²) in [6.07, 6.45) is 0. The van der Waals surface area contributed by atoms with Gasteiger partial charge in [0.05, 0.1) is 0 Å². The van der Waals surface area contributed by atoms with Gasteiger partial charge in [0, 0.05) is 0 Å². The molecule has 0 aliphatic carbocycles. The topological polar surface area (TPSA) is 124 Å². The van der Waals surface area contributed by atoms with Crippen LogP contribution in [0.3, 0.4) is 0 Å². The van der Waals surface area contributed by atoms with Crippen LogP contribution in [0.15, 0.2) is 0 Å². The molecule has 0 amide bonds. The van der Waals surface area contributed by atoms with Crippen molar-refractivity contribution >= 4 is 0 Å². The molecule has 0 atom stereocenters. The minimum Gasteiger partial charge on any atom is 2.00 e. The Kier molecular flexibility index (Phi) is 5.38. The first-order chi connectivity index (χ1) is 3.71. The van der Waals surface area contributed by atoms with Gasteiger partial charge in [-0.05, 0) is 0 Å². The first-order valence-corrected chi connectivity index (χ1v) is 5.50. The molecule has 0 fully saturated rings. The number of hydrogen-bond donors (Lipinski definition) is 0. The second kappa shape index (κ2) is 4.01. The van der Waals surface area contributed by atoms with Gasteiger partial charge >= 0.3 is 74.7 Å². The van der Waals surface area contributed by atoms with Crippen LogP contribution in [0.1, 0.15) is 0 Å². The predicted octanol–water partition coefficient (Wildman–Crippen LogP) is -2.93. The molecule has 0 aromatic heterocycles. The molecule has 10 heteroatoms. The second-order valence-corrected chi connectivity index (χ2v) is 4.52. The molecule has 0 bridgehead atoms. The van der Waals surface area contributed by atoms with E-state index in [2.05, 4.69) is 2.84 Å². The fourth-order valence-electron chi connectivity index (χ4n) is 0.102. The Morgan fingerprint density at radius 3 is 1.10 bits per heavy atom. The van der Waals surface area contributed by atoms with E-state index in [-0.39, 0.29) is 21.1 Å². The van der Waals surface area contributed by atoms with Gasteiger partial charge in [-0.1, -0.05) is 0 Å². The molecule has 0 saturated heterocycles. The van der Waals surface area contributed by atoms with Crippen LogP contribution in [0.2, 0.25) is 0 Å². The summed E-state index contributed by atoms with van der Waals surface area (Å²) in [7, 11) is 0. The van der Waals surface area contributed by atoms with E-state index >= 15 is 0 Å². The van der Waals surface area contributed by atoms with Crippen molar-refractivity contribution in [3.63, 3.8) is 0 Å². The first kappa shape index (κ1) is 13.4. The quantitative estimate of drug-likeness (QED) is 0.477. The molecule has 0 aliphatic rings. The van der Waals surface area contributed by atoms with Gasteiger partial charge in [0.15, 0.2) is 0 Å². The van der Waals surface area contributed by atoms with Gasteiger partial charge in [0.25, 0.3) is 0 Å². The van der Waals surface area contributed by atoms with E-state index in [1.165, 1.54) is 0 Å². The summed E-state index contributed by atoms with van der Waals surface area (Å²) in [4.78, 5) is 0. The zero-order valence-corrected chi connectivity index (χ0v) is 8.81. The van der Waals surface area contributed by atoms with Crippen molar-refractivity contribution in [2.45, 2.75) is 0 Å². The number of hydrogen-bond acceptors (Lipinski definition) is 7. The molecule has 0 heterocycles. The maximum Gasteiger partial charge on any atom is 2.00 e. The molecule has 0 rings (SSSR count). The third kappa shape index (κ3) is 11.6. The first-order valence-electron chi connectivity index (χ1n) is 1.33. The summed E-state index contributed by atoms with van der Waals surface area (Å²) >= 11 is -12.1. The Balaban J connectivity index is 0. The molecule has 7 nitrogen and oxygen atoms in total. The van der Waals surface area contributed by atoms with E-state index in [0.717, 1.165) is 0 Å². The SMILES string of the molecule is [O]=[Cr](=[O])([O-])[O][Cr](=[O])(=[O])[O-].[Pt+2].